The van der Waals surface area contributed by atoms with Crippen molar-refractivity contribution in [3.05, 3.63) is 35.4 Å². The summed E-state index contributed by atoms with van der Waals surface area (Å²) in [7, 11) is 0. The zero-order chi connectivity index (χ0) is 12.3. The van der Waals surface area contributed by atoms with Crippen LogP contribution in [0.4, 0.5) is 0 Å². The fraction of sp³-hybridized carbons (Fsp3) is 0.625. The van der Waals surface area contributed by atoms with E-state index in [1.54, 1.807) is 0 Å². The molecule has 0 saturated carbocycles. The number of rotatable bonds is 3. The monoisotopic (exact) mass is 250 g/mol. The SMILES string of the molecule is CCC(C)CC1CCCc2ccccc2C1Cl. The van der Waals surface area contributed by atoms with Crippen LogP contribution in [-0.2, 0) is 6.42 Å². The Hall–Kier alpha value is -0.490. The lowest BCUT2D eigenvalue weighted by atomic mass is 9.87. The van der Waals surface area contributed by atoms with Gasteiger partial charge in [0.25, 0.3) is 0 Å². The fourth-order valence-electron chi connectivity index (χ4n) is 2.91. The zero-order valence-corrected chi connectivity index (χ0v) is 11.7. The molecule has 94 valence electrons. The second-order valence-electron chi connectivity index (χ2n) is 5.50. The molecule has 3 atom stereocenters. The average Bonchev–Trinajstić information content (AvgIpc) is 2.51. The third-order valence-corrected chi connectivity index (χ3v) is 4.78. The molecule has 0 bridgehead atoms. The smallest absolute Gasteiger partial charge is 0.0616 e. The largest absolute Gasteiger partial charge is 0.118 e. The van der Waals surface area contributed by atoms with E-state index in [2.05, 4.69) is 38.1 Å². The highest BCUT2D eigenvalue weighted by atomic mass is 35.5. The Bertz CT molecular complexity index is 358. The van der Waals surface area contributed by atoms with Gasteiger partial charge in [0, 0.05) is 0 Å². The highest BCUT2D eigenvalue weighted by Crippen LogP contribution is 2.41. The third-order valence-electron chi connectivity index (χ3n) is 4.19. The van der Waals surface area contributed by atoms with E-state index in [0.717, 1.165) is 5.92 Å². The molecule has 0 aliphatic heterocycles. The van der Waals surface area contributed by atoms with Crippen molar-refractivity contribution < 1.29 is 0 Å². The van der Waals surface area contributed by atoms with Crippen molar-refractivity contribution in [1.29, 1.82) is 0 Å². The lowest BCUT2D eigenvalue weighted by molar-refractivity contribution is 0.353. The standard InChI is InChI=1S/C16H23Cl/c1-3-12(2)11-14-9-6-8-13-7-4-5-10-15(13)16(14)17/h4-5,7,10,12,14,16H,3,6,8-9,11H2,1-2H3. The van der Waals surface area contributed by atoms with Crippen LogP contribution in [-0.4, -0.2) is 0 Å². The Morgan fingerprint density at radius 1 is 1.35 bits per heavy atom. The van der Waals surface area contributed by atoms with Crippen LogP contribution in [0.2, 0.25) is 0 Å². The van der Waals surface area contributed by atoms with Gasteiger partial charge >= 0.3 is 0 Å². The van der Waals surface area contributed by atoms with E-state index < -0.39 is 0 Å². The van der Waals surface area contributed by atoms with Crippen LogP contribution in [0.25, 0.3) is 0 Å². The molecule has 0 nitrogen and oxygen atoms in total. The van der Waals surface area contributed by atoms with Crippen molar-refractivity contribution in [1.82, 2.24) is 0 Å². The number of alkyl halides is 1. The number of halogens is 1. The van der Waals surface area contributed by atoms with E-state index in [1.807, 2.05) is 0 Å². The number of hydrogen-bond acceptors (Lipinski definition) is 0. The van der Waals surface area contributed by atoms with Gasteiger partial charge in [0.2, 0.25) is 0 Å². The summed E-state index contributed by atoms with van der Waals surface area (Å²) in [6.45, 7) is 4.62. The van der Waals surface area contributed by atoms with Crippen molar-refractivity contribution in [2.75, 3.05) is 0 Å². The maximum atomic E-state index is 6.72. The molecular formula is C16H23Cl. The molecule has 0 fully saturated rings. The van der Waals surface area contributed by atoms with Crippen LogP contribution in [0.1, 0.15) is 56.0 Å². The molecule has 0 heterocycles. The highest BCUT2D eigenvalue weighted by molar-refractivity contribution is 6.21. The van der Waals surface area contributed by atoms with E-state index in [4.69, 9.17) is 11.6 Å². The summed E-state index contributed by atoms with van der Waals surface area (Å²) in [6, 6.07) is 8.73. The molecule has 0 saturated heterocycles. The number of benzene rings is 1. The molecule has 0 spiro atoms. The van der Waals surface area contributed by atoms with Gasteiger partial charge in [0.1, 0.15) is 0 Å². The molecular weight excluding hydrogens is 228 g/mol. The first-order chi connectivity index (χ1) is 8.22. The van der Waals surface area contributed by atoms with Gasteiger partial charge in [-0.25, -0.2) is 0 Å². The Balaban J connectivity index is 2.17. The quantitative estimate of drug-likeness (QED) is 0.501. The molecule has 1 heteroatoms. The average molecular weight is 251 g/mol. The minimum absolute atomic E-state index is 0.225. The summed E-state index contributed by atoms with van der Waals surface area (Å²) in [5, 5.41) is 0.225. The normalized spacial score (nSPS) is 26.1. The summed E-state index contributed by atoms with van der Waals surface area (Å²) >= 11 is 6.72. The van der Waals surface area contributed by atoms with Gasteiger partial charge in [-0.05, 0) is 48.6 Å². The molecule has 1 aliphatic carbocycles. The lowest BCUT2D eigenvalue weighted by Crippen LogP contribution is -2.11. The summed E-state index contributed by atoms with van der Waals surface area (Å²) < 4.78 is 0. The van der Waals surface area contributed by atoms with Crippen LogP contribution >= 0.6 is 11.6 Å². The minimum atomic E-state index is 0.225. The van der Waals surface area contributed by atoms with Gasteiger partial charge in [-0.15, -0.1) is 11.6 Å². The second-order valence-corrected chi connectivity index (χ2v) is 5.97. The number of aryl methyl sites for hydroxylation is 1. The molecule has 0 radical (unpaired) electrons. The van der Waals surface area contributed by atoms with Crippen LogP contribution in [0.15, 0.2) is 24.3 Å². The van der Waals surface area contributed by atoms with Crippen molar-refractivity contribution in [3.8, 4) is 0 Å². The summed E-state index contributed by atoms with van der Waals surface area (Å²) in [5.74, 6) is 1.46. The zero-order valence-electron chi connectivity index (χ0n) is 11.0. The predicted octanol–water partition coefficient (Wildman–Crippen LogP) is 5.36. The van der Waals surface area contributed by atoms with Crippen molar-refractivity contribution >= 4 is 11.6 Å². The summed E-state index contributed by atoms with van der Waals surface area (Å²) in [5.41, 5.74) is 2.86. The minimum Gasteiger partial charge on any atom is -0.118 e. The molecule has 2 rings (SSSR count). The van der Waals surface area contributed by atoms with E-state index in [-0.39, 0.29) is 5.38 Å². The van der Waals surface area contributed by atoms with Gasteiger partial charge in [-0.3, -0.25) is 0 Å². The Morgan fingerprint density at radius 2 is 2.12 bits per heavy atom. The van der Waals surface area contributed by atoms with Crippen LogP contribution < -0.4 is 0 Å². The molecule has 17 heavy (non-hydrogen) atoms. The molecule has 1 aliphatic rings. The van der Waals surface area contributed by atoms with Crippen LogP contribution in [0.5, 0.6) is 0 Å². The van der Waals surface area contributed by atoms with E-state index in [1.165, 1.54) is 43.2 Å². The Morgan fingerprint density at radius 3 is 2.88 bits per heavy atom. The second kappa shape index (κ2) is 5.91. The first kappa shape index (κ1) is 13.0. The summed E-state index contributed by atoms with van der Waals surface area (Å²) in [6.07, 6.45) is 6.33. The number of hydrogen-bond donors (Lipinski definition) is 0. The third kappa shape index (κ3) is 3.04. The van der Waals surface area contributed by atoms with Crippen LogP contribution in [0.3, 0.4) is 0 Å². The first-order valence-corrected chi connectivity index (χ1v) is 7.38. The molecule has 0 aromatic heterocycles. The molecule has 1 aromatic rings. The van der Waals surface area contributed by atoms with Crippen molar-refractivity contribution in [3.63, 3.8) is 0 Å². The van der Waals surface area contributed by atoms with E-state index in [9.17, 15) is 0 Å². The topological polar surface area (TPSA) is 0 Å². The van der Waals surface area contributed by atoms with Gasteiger partial charge < -0.3 is 0 Å². The van der Waals surface area contributed by atoms with Crippen LogP contribution in [0, 0.1) is 11.8 Å². The molecule has 1 aromatic carbocycles. The van der Waals surface area contributed by atoms with Gasteiger partial charge in [-0.1, -0.05) is 44.5 Å². The Labute approximate surface area is 110 Å². The van der Waals surface area contributed by atoms with E-state index >= 15 is 0 Å². The number of fused-ring (bicyclic) bond motifs is 1. The van der Waals surface area contributed by atoms with Gasteiger partial charge in [0.05, 0.1) is 5.38 Å². The lowest BCUT2D eigenvalue weighted by Gasteiger charge is -2.23. The van der Waals surface area contributed by atoms with Gasteiger partial charge in [0.15, 0.2) is 0 Å². The maximum absolute atomic E-state index is 6.72. The molecule has 0 N–H and O–H groups in total. The Kier molecular flexibility index (Phi) is 4.50. The summed E-state index contributed by atoms with van der Waals surface area (Å²) in [4.78, 5) is 0. The van der Waals surface area contributed by atoms with E-state index in [0.29, 0.717) is 5.92 Å². The molecule has 3 unspecified atom stereocenters. The van der Waals surface area contributed by atoms with Crippen molar-refractivity contribution in [2.24, 2.45) is 11.8 Å². The molecule has 0 amide bonds. The first-order valence-electron chi connectivity index (χ1n) is 6.94. The fourth-order valence-corrected chi connectivity index (χ4v) is 3.35. The van der Waals surface area contributed by atoms with Crippen molar-refractivity contribution in [2.45, 2.75) is 51.3 Å². The predicted molar refractivity (Wildman–Crippen MR) is 75.5 cm³/mol. The highest BCUT2D eigenvalue weighted by Gasteiger charge is 2.26. The van der Waals surface area contributed by atoms with Gasteiger partial charge in [-0.2, -0.15) is 0 Å². The maximum Gasteiger partial charge on any atom is 0.0616 e.